The summed E-state index contributed by atoms with van der Waals surface area (Å²) in [6.07, 6.45) is 3.30. The van der Waals surface area contributed by atoms with Gasteiger partial charge in [0.1, 0.15) is 6.54 Å². The summed E-state index contributed by atoms with van der Waals surface area (Å²) in [7, 11) is 0. The van der Waals surface area contributed by atoms with E-state index in [1.165, 1.54) is 0 Å². The van der Waals surface area contributed by atoms with Gasteiger partial charge in [0.15, 0.2) is 0 Å². The van der Waals surface area contributed by atoms with Gasteiger partial charge in [-0.05, 0) is 42.5 Å². The molecule has 7 heteroatoms. The van der Waals surface area contributed by atoms with Crippen LogP contribution in [0.1, 0.15) is 36.8 Å². The Labute approximate surface area is 145 Å². The van der Waals surface area contributed by atoms with Crippen LogP contribution in [0, 0.1) is 0 Å². The number of hydrogen-bond acceptors (Lipinski definition) is 4. The van der Waals surface area contributed by atoms with E-state index in [9.17, 15) is 19.2 Å². The van der Waals surface area contributed by atoms with Crippen LogP contribution >= 0.6 is 0 Å². The molecule has 0 bridgehead atoms. The topological polar surface area (TPSA) is 86.8 Å². The van der Waals surface area contributed by atoms with Crippen molar-refractivity contribution in [2.45, 2.75) is 38.5 Å². The Morgan fingerprint density at radius 1 is 0.920 bits per heavy atom. The molecule has 1 aromatic carbocycles. The van der Waals surface area contributed by atoms with E-state index in [4.69, 9.17) is 0 Å². The molecule has 0 aromatic heterocycles. The minimum atomic E-state index is -0.379. The third-order valence-corrected chi connectivity index (χ3v) is 5.02. The second-order valence-electron chi connectivity index (χ2n) is 6.71. The molecule has 4 rings (SSSR count). The quantitative estimate of drug-likeness (QED) is 0.831. The van der Waals surface area contributed by atoms with Gasteiger partial charge in [0.05, 0.1) is 5.69 Å². The van der Waals surface area contributed by atoms with Gasteiger partial charge in [0.25, 0.3) is 0 Å². The number of amides is 4. The minimum absolute atomic E-state index is 0.163. The Hall–Kier alpha value is -2.70. The molecule has 0 atom stereocenters. The van der Waals surface area contributed by atoms with Crippen molar-refractivity contribution in [2.75, 3.05) is 23.3 Å². The average Bonchev–Trinajstić information content (AvgIpc) is 2.90. The van der Waals surface area contributed by atoms with Gasteiger partial charge in [-0.1, -0.05) is 0 Å². The zero-order valence-corrected chi connectivity index (χ0v) is 13.8. The second-order valence-corrected chi connectivity index (χ2v) is 6.71. The van der Waals surface area contributed by atoms with Crippen LogP contribution in [0.2, 0.25) is 0 Å². The molecule has 3 aliphatic heterocycles. The maximum Gasteiger partial charge on any atom is 0.244 e. The van der Waals surface area contributed by atoms with Gasteiger partial charge in [-0.3, -0.25) is 24.1 Å². The number of aryl methyl sites for hydroxylation is 2. The summed E-state index contributed by atoms with van der Waals surface area (Å²) in [5.41, 5.74) is 3.81. The standard InChI is InChI=1S/C18H19N3O4/c22-14(10-21-16(24)5-6-17(21)25)19-13-8-11-2-1-7-20-15(23)4-3-12(9-13)18(11)20/h8-9H,1-7,10H2,(H,19,22). The molecule has 0 spiro atoms. The summed E-state index contributed by atoms with van der Waals surface area (Å²) < 4.78 is 0. The van der Waals surface area contributed by atoms with Crippen molar-refractivity contribution in [1.82, 2.24) is 4.90 Å². The molecule has 0 unspecified atom stereocenters. The first-order valence-electron chi connectivity index (χ1n) is 8.62. The van der Waals surface area contributed by atoms with Crippen molar-refractivity contribution in [3.8, 4) is 0 Å². The molecule has 0 aliphatic carbocycles. The van der Waals surface area contributed by atoms with Gasteiger partial charge in [-0.15, -0.1) is 0 Å². The lowest BCUT2D eigenvalue weighted by Crippen LogP contribution is -2.39. The highest BCUT2D eigenvalue weighted by Gasteiger charge is 2.32. The molecule has 7 nitrogen and oxygen atoms in total. The maximum atomic E-state index is 12.2. The third kappa shape index (κ3) is 2.79. The van der Waals surface area contributed by atoms with Gasteiger partial charge in [0, 0.05) is 31.5 Å². The monoisotopic (exact) mass is 341 g/mol. The second kappa shape index (κ2) is 5.98. The first-order chi connectivity index (χ1) is 12.0. The Balaban J connectivity index is 1.54. The van der Waals surface area contributed by atoms with Crippen LogP contribution in [0.5, 0.6) is 0 Å². The number of nitrogens with one attached hydrogen (secondary N) is 1. The minimum Gasteiger partial charge on any atom is -0.325 e. The molecule has 1 N–H and O–H groups in total. The van der Waals surface area contributed by atoms with E-state index >= 15 is 0 Å². The number of benzene rings is 1. The van der Waals surface area contributed by atoms with Gasteiger partial charge < -0.3 is 10.2 Å². The smallest absolute Gasteiger partial charge is 0.244 e. The molecule has 4 amide bonds. The molecule has 3 aliphatic rings. The van der Waals surface area contributed by atoms with Crippen LogP contribution in [0.4, 0.5) is 11.4 Å². The summed E-state index contributed by atoms with van der Waals surface area (Å²) in [5.74, 6) is -0.809. The maximum absolute atomic E-state index is 12.2. The molecular weight excluding hydrogens is 322 g/mol. The fourth-order valence-electron chi connectivity index (χ4n) is 3.87. The number of carbonyl (C=O) groups is 4. The first-order valence-corrected chi connectivity index (χ1v) is 8.62. The predicted octanol–water partition coefficient (Wildman–Crippen LogP) is 0.999. The Morgan fingerprint density at radius 3 is 2.28 bits per heavy atom. The lowest BCUT2D eigenvalue weighted by atomic mass is 9.91. The fourth-order valence-corrected chi connectivity index (χ4v) is 3.87. The molecule has 3 heterocycles. The van der Waals surface area contributed by atoms with E-state index in [2.05, 4.69) is 5.32 Å². The number of nitrogens with zero attached hydrogens (tertiary/aromatic N) is 2. The van der Waals surface area contributed by atoms with E-state index in [1.807, 2.05) is 17.0 Å². The molecular formula is C18H19N3O4. The molecule has 1 saturated heterocycles. The molecule has 1 fully saturated rings. The zero-order chi connectivity index (χ0) is 17.6. The number of anilines is 2. The largest absolute Gasteiger partial charge is 0.325 e. The highest BCUT2D eigenvalue weighted by Crippen LogP contribution is 2.37. The zero-order valence-electron chi connectivity index (χ0n) is 13.8. The number of hydrogen-bond donors (Lipinski definition) is 1. The Kier molecular flexibility index (Phi) is 3.78. The molecule has 1 aromatic rings. The van der Waals surface area contributed by atoms with E-state index in [1.54, 1.807) is 0 Å². The van der Waals surface area contributed by atoms with E-state index in [0.717, 1.165) is 41.1 Å². The van der Waals surface area contributed by atoms with E-state index < -0.39 is 0 Å². The van der Waals surface area contributed by atoms with Gasteiger partial charge in [-0.2, -0.15) is 0 Å². The molecule has 0 saturated carbocycles. The Bertz CT molecular complexity index is 769. The summed E-state index contributed by atoms with van der Waals surface area (Å²) in [4.78, 5) is 50.4. The van der Waals surface area contributed by atoms with Crippen molar-refractivity contribution in [3.05, 3.63) is 23.3 Å². The lowest BCUT2D eigenvalue weighted by molar-refractivity contribution is -0.141. The van der Waals surface area contributed by atoms with E-state index in [0.29, 0.717) is 18.5 Å². The van der Waals surface area contributed by atoms with Crippen LogP contribution in [0.15, 0.2) is 12.1 Å². The van der Waals surface area contributed by atoms with Crippen molar-refractivity contribution >= 4 is 35.0 Å². The summed E-state index contributed by atoms with van der Waals surface area (Å²) in [5, 5.41) is 2.80. The van der Waals surface area contributed by atoms with Crippen molar-refractivity contribution < 1.29 is 19.2 Å². The molecule has 130 valence electrons. The number of imide groups is 1. The van der Waals surface area contributed by atoms with Gasteiger partial charge in [-0.25, -0.2) is 0 Å². The van der Waals surface area contributed by atoms with Crippen LogP contribution in [0.3, 0.4) is 0 Å². The predicted molar refractivity (Wildman–Crippen MR) is 90.0 cm³/mol. The Morgan fingerprint density at radius 2 is 1.56 bits per heavy atom. The number of rotatable bonds is 3. The SMILES string of the molecule is O=C(CN1C(=O)CCC1=O)Nc1cc2c3c(c1)CCC(=O)N3CCC2. The van der Waals surface area contributed by atoms with Crippen LogP contribution in [-0.4, -0.2) is 41.6 Å². The first kappa shape index (κ1) is 15.8. The third-order valence-electron chi connectivity index (χ3n) is 5.02. The number of likely N-dealkylation sites (tertiary alicyclic amines) is 1. The van der Waals surface area contributed by atoms with Crippen LogP contribution < -0.4 is 10.2 Å². The van der Waals surface area contributed by atoms with Crippen molar-refractivity contribution in [1.29, 1.82) is 0 Å². The van der Waals surface area contributed by atoms with Gasteiger partial charge in [0.2, 0.25) is 23.6 Å². The summed E-state index contributed by atoms with van der Waals surface area (Å²) >= 11 is 0. The van der Waals surface area contributed by atoms with Crippen LogP contribution in [0.25, 0.3) is 0 Å². The number of carbonyl (C=O) groups excluding carboxylic acids is 4. The highest BCUT2D eigenvalue weighted by molar-refractivity contribution is 6.06. The van der Waals surface area contributed by atoms with Crippen molar-refractivity contribution in [3.63, 3.8) is 0 Å². The highest BCUT2D eigenvalue weighted by atomic mass is 16.2. The molecule has 25 heavy (non-hydrogen) atoms. The summed E-state index contributed by atoms with van der Waals surface area (Å²) in [6.45, 7) is 0.512. The van der Waals surface area contributed by atoms with Crippen LogP contribution in [-0.2, 0) is 32.0 Å². The van der Waals surface area contributed by atoms with E-state index in [-0.39, 0.29) is 43.0 Å². The molecule has 0 radical (unpaired) electrons. The normalized spacial score (nSPS) is 19.3. The summed E-state index contributed by atoms with van der Waals surface area (Å²) in [6, 6.07) is 3.80. The lowest BCUT2D eigenvalue weighted by Gasteiger charge is -2.35. The fraction of sp³-hybridized carbons (Fsp3) is 0.444. The van der Waals surface area contributed by atoms with Gasteiger partial charge >= 0.3 is 0 Å². The average molecular weight is 341 g/mol. The van der Waals surface area contributed by atoms with Crippen molar-refractivity contribution in [2.24, 2.45) is 0 Å².